The topological polar surface area (TPSA) is 50.3 Å². The van der Waals surface area contributed by atoms with Gasteiger partial charge in [-0.15, -0.1) is 0 Å². The number of hydrogen-bond acceptors (Lipinski definition) is 3. The van der Waals surface area contributed by atoms with Crippen LogP contribution in [0.1, 0.15) is 39.0 Å². The summed E-state index contributed by atoms with van der Waals surface area (Å²) in [5, 5.41) is 0. The van der Waals surface area contributed by atoms with Crippen LogP contribution < -0.4 is 4.90 Å². The molecular weight excluding hydrogens is 240 g/mol. The van der Waals surface area contributed by atoms with E-state index in [1.54, 1.807) is 30.2 Å². The van der Waals surface area contributed by atoms with E-state index in [2.05, 4.69) is 4.98 Å². The van der Waals surface area contributed by atoms with Crippen LogP contribution in [0.5, 0.6) is 0 Å². The van der Waals surface area contributed by atoms with Crippen LogP contribution in [0.15, 0.2) is 24.4 Å². The number of carbonyl (C=O) groups is 2. The largest absolute Gasteiger partial charge is 0.301 e. The van der Waals surface area contributed by atoms with Gasteiger partial charge in [-0.1, -0.05) is 25.3 Å². The van der Waals surface area contributed by atoms with Crippen LogP contribution in [0.3, 0.4) is 0 Å². The molecule has 1 amide bonds. The molecular formula is C15H20N2O2. The number of aldehydes is 1. The number of pyridine rings is 1. The Bertz CT molecular complexity index is 427. The third-order valence-corrected chi connectivity index (χ3v) is 3.69. The van der Waals surface area contributed by atoms with E-state index < -0.39 is 6.04 Å². The molecule has 1 aromatic heterocycles. The second-order valence-corrected chi connectivity index (χ2v) is 5.11. The Labute approximate surface area is 113 Å². The lowest BCUT2D eigenvalue weighted by Gasteiger charge is -2.30. The van der Waals surface area contributed by atoms with E-state index in [4.69, 9.17) is 0 Å². The number of aromatic nitrogens is 1. The van der Waals surface area contributed by atoms with Gasteiger partial charge in [0.2, 0.25) is 5.91 Å². The lowest BCUT2D eigenvalue weighted by atomic mass is 9.88. The van der Waals surface area contributed by atoms with Gasteiger partial charge in [-0.3, -0.25) is 9.69 Å². The standard InChI is InChI=1S/C15H20N2O2/c1-12(11-18)17(14-9-5-6-10-16-14)15(19)13-7-3-2-4-8-13/h5-6,9-13H,2-4,7-8H2,1H3. The SMILES string of the molecule is CC(C=O)N(C(=O)C1CCCCC1)c1ccccn1. The van der Waals surface area contributed by atoms with Gasteiger partial charge in [0.25, 0.3) is 0 Å². The van der Waals surface area contributed by atoms with E-state index in [0.717, 1.165) is 32.0 Å². The fourth-order valence-electron chi connectivity index (χ4n) is 2.63. The van der Waals surface area contributed by atoms with Crippen molar-refractivity contribution in [2.45, 2.75) is 45.1 Å². The Morgan fingerprint density at radius 3 is 2.68 bits per heavy atom. The van der Waals surface area contributed by atoms with Crippen molar-refractivity contribution in [2.24, 2.45) is 5.92 Å². The zero-order valence-corrected chi connectivity index (χ0v) is 11.3. The minimum Gasteiger partial charge on any atom is -0.301 e. The number of hydrogen-bond donors (Lipinski definition) is 0. The maximum atomic E-state index is 12.6. The van der Waals surface area contributed by atoms with Crippen LogP contribution in [0.4, 0.5) is 5.82 Å². The van der Waals surface area contributed by atoms with E-state index in [0.29, 0.717) is 5.82 Å². The first kappa shape index (κ1) is 13.7. The Kier molecular flexibility index (Phi) is 4.66. The molecule has 0 aliphatic heterocycles. The molecule has 0 aromatic carbocycles. The summed E-state index contributed by atoms with van der Waals surface area (Å²) in [6, 6.07) is 4.95. The third kappa shape index (κ3) is 3.19. The predicted octanol–water partition coefficient (Wildman–Crippen LogP) is 2.58. The van der Waals surface area contributed by atoms with E-state index in [-0.39, 0.29) is 11.8 Å². The second-order valence-electron chi connectivity index (χ2n) is 5.11. The zero-order valence-electron chi connectivity index (χ0n) is 11.3. The van der Waals surface area contributed by atoms with Gasteiger partial charge in [-0.25, -0.2) is 4.98 Å². The fourth-order valence-corrected chi connectivity index (χ4v) is 2.63. The summed E-state index contributed by atoms with van der Waals surface area (Å²) in [6.07, 6.45) is 7.70. The van der Waals surface area contributed by atoms with Crippen molar-refractivity contribution < 1.29 is 9.59 Å². The van der Waals surface area contributed by atoms with E-state index in [9.17, 15) is 9.59 Å². The molecule has 1 atom stereocenters. The summed E-state index contributed by atoms with van der Waals surface area (Å²) in [7, 11) is 0. The van der Waals surface area contributed by atoms with Crippen molar-refractivity contribution in [3.8, 4) is 0 Å². The number of rotatable bonds is 4. The summed E-state index contributed by atoms with van der Waals surface area (Å²) in [4.78, 5) is 29.5. The predicted molar refractivity (Wildman–Crippen MR) is 73.8 cm³/mol. The normalized spacial score (nSPS) is 17.7. The molecule has 1 aliphatic carbocycles. The smallest absolute Gasteiger partial charge is 0.231 e. The first-order valence-electron chi connectivity index (χ1n) is 6.93. The average Bonchev–Trinajstić information content (AvgIpc) is 2.49. The van der Waals surface area contributed by atoms with Gasteiger partial charge >= 0.3 is 0 Å². The molecule has 1 fully saturated rings. The number of carbonyl (C=O) groups excluding carboxylic acids is 2. The number of amides is 1. The Morgan fingerprint density at radius 1 is 1.37 bits per heavy atom. The Balaban J connectivity index is 2.22. The lowest BCUT2D eigenvalue weighted by Crippen LogP contribution is -2.44. The maximum Gasteiger partial charge on any atom is 0.231 e. The van der Waals surface area contributed by atoms with Crippen LogP contribution in [0.25, 0.3) is 0 Å². The molecule has 1 unspecified atom stereocenters. The molecule has 102 valence electrons. The molecule has 4 heteroatoms. The molecule has 1 aliphatic rings. The molecule has 1 heterocycles. The summed E-state index contributed by atoms with van der Waals surface area (Å²) >= 11 is 0. The molecule has 2 rings (SSSR count). The van der Waals surface area contributed by atoms with Gasteiger partial charge in [0.1, 0.15) is 12.1 Å². The minimum absolute atomic E-state index is 0.0398. The van der Waals surface area contributed by atoms with Gasteiger partial charge in [0.05, 0.1) is 6.04 Å². The van der Waals surface area contributed by atoms with Gasteiger partial charge in [0.15, 0.2) is 0 Å². The Hall–Kier alpha value is -1.71. The fraction of sp³-hybridized carbons (Fsp3) is 0.533. The van der Waals surface area contributed by atoms with Crippen LogP contribution in [-0.2, 0) is 9.59 Å². The quantitative estimate of drug-likeness (QED) is 0.782. The highest BCUT2D eigenvalue weighted by Gasteiger charge is 2.30. The first-order valence-corrected chi connectivity index (χ1v) is 6.93. The van der Waals surface area contributed by atoms with Crippen molar-refractivity contribution >= 4 is 18.0 Å². The molecule has 1 aromatic rings. The number of nitrogens with zero attached hydrogens (tertiary/aromatic N) is 2. The highest BCUT2D eigenvalue weighted by Crippen LogP contribution is 2.27. The lowest BCUT2D eigenvalue weighted by molar-refractivity contribution is -0.125. The van der Waals surface area contributed by atoms with Gasteiger partial charge in [-0.2, -0.15) is 0 Å². The van der Waals surface area contributed by atoms with Crippen LogP contribution >= 0.6 is 0 Å². The van der Waals surface area contributed by atoms with Crippen LogP contribution in [0.2, 0.25) is 0 Å². The summed E-state index contributed by atoms with van der Waals surface area (Å²) in [5.74, 6) is 0.647. The van der Waals surface area contributed by atoms with Crippen molar-refractivity contribution in [1.29, 1.82) is 0 Å². The van der Waals surface area contributed by atoms with E-state index in [1.807, 2.05) is 6.07 Å². The van der Waals surface area contributed by atoms with Crippen molar-refractivity contribution in [1.82, 2.24) is 4.98 Å². The molecule has 1 saturated carbocycles. The summed E-state index contributed by atoms with van der Waals surface area (Å²) in [6.45, 7) is 1.74. The minimum atomic E-state index is -0.468. The molecule has 0 saturated heterocycles. The Morgan fingerprint density at radius 2 is 2.11 bits per heavy atom. The zero-order chi connectivity index (χ0) is 13.7. The maximum absolute atomic E-state index is 12.6. The van der Waals surface area contributed by atoms with Gasteiger partial charge in [0, 0.05) is 12.1 Å². The molecule has 0 radical (unpaired) electrons. The molecule has 4 nitrogen and oxygen atoms in total. The molecule has 0 N–H and O–H groups in total. The highest BCUT2D eigenvalue weighted by molar-refractivity contribution is 5.97. The van der Waals surface area contributed by atoms with Crippen LogP contribution in [0, 0.1) is 5.92 Å². The van der Waals surface area contributed by atoms with Gasteiger partial charge in [-0.05, 0) is 31.9 Å². The van der Waals surface area contributed by atoms with Crippen molar-refractivity contribution in [3.63, 3.8) is 0 Å². The number of anilines is 1. The third-order valence-electron chi connectivity index (χ3n) is 3.69. The van der Waals surface area contributed by atoms with Crippen LogP contribution in [-0.4, -0.2) is 23.2 Å². The monoisotopic (exact) mass is 260 g/mol. The van der Waals surface area contributed by atoms with E-state index >= 15 is 0 Å². The summed E-state index contributed by atoms with van der Waals surface area (Å²) in [5.41, 5.74) is 0. The molecule has 0 spiro atoms. The van der Waals surface area contributed by atoms with Crippen molar-refractivity contribution in [3.05, 3.63) is 24.4 Å². The molecule has 0 bridgehead atoms. The highest BCUT2D eigenvalue weighted by atomic mass is 16.2. The second kappa shape index (κ2) is 6.45. The van der Waals surface area contributed by atoms with E-state index in [1.165, 1.54) is 6.42 Å². The van der Waals surface area contributed by atoms with Crippen molar-refractivity contribution in [2.75, 3.05) is 4.90 Å². The first-order chi connectivity index (χ1) is 9.24. The average molecular weight is 260 g/mol. The molecule has 19 heavy (non-hydrogen) atoms. The summed E-state index contributed by atoms with van der Waals surface area (Å²) < 4.78 is 0. The van der Waals surface area contributed by atoms with Gasteiger partial charge < -0.3 is 4.79 Å².